The molecule has 2 heterocycles. The van der Waals surface area contributed by atoms with Gasteiger partial charge in [-0.3, -0.25) is 4.79 Å². The van der Waals surface area contributed by atoms with Gasteiger partial charge in [-0.25, -0.2) is 14.8 Å². The Morgan fingerprint density at radius 1 is 1.21 bits per heavy atom. The molecule has 7 nitrogen and oxygen atoms in total. The molecular weight excluding hydrogens is 248 g/mol. The van der Waals surface area contributed by atoms with E-state index in [0.29, 0.717) is 5.69 Å². The average Bonchev–Trinajstić information content (AvgIpc) is 2.39. The molecule has 1 amide bonds. The van der Waals surface area contributed by atoms with Gasteiger partial charge in [-0.1, -0.05) is 0 Å². The minimum atomic E-state index is -1.13. The molecule has 7 heteroatoms. The smallest absolute Gasteiger partial charge is 0.354 e. The van der Waals surface area contributed by atoms with Crippen LogP contribution in [0.2, 0.25) is 0 Å². The first-order valence-electron chi connectivity index (χ1n) is 5.29. The van der Waals surface area contributed by atoms with Crippen LogP contribution in [0.1, 0.15) is 21.0 Å². The lowest BCUT2D eigenvalue weighted by atomic mass is 10.2. The number of nitrogens with zero attached hydrogens (tertiary/aromatic N) is 2. The second kappa shape index (κ2) is 5.13. The number of pyridine rings is 2. The molecule has 2 aromatic heterocycles. The van der Waals surface area contributed by atoms with Gasteiger partial charge in [-0.05, 0) is 24.3 Å². The third kappa shape index (κ3) is 2.83. The second-order valence-corrected chi connectivity index (χ2v) is 3.63. The van der Waals surface area contributed by atoms with Gasteiger partial charge in [-0.15, -0.1) is 0 Å². The van der Waals surface area contributed by atoms with Crippen LogP contribution >= 0.6 is 0 Å². The number of carbonyl (C=O) groups is 2. The second-order valence-electron chi connectivity index (χ2n) is 3.63. The van der Waals surface area contributed by atoms with Crippen LogP contribution in [-0.4, -0.2) is 27.0 Å². The van der Waals surface area contributed by atoms with Crippen LogP contribution < -0.4 is 11.1 Å². The Labute approximate surface area is 108 Å². The number of carboxylic acid groups (broad SMARTS) is 1. The fourth-order valence-electron chi connectivity index (χ4n) is 1.39. The molecule has 0 radical (unpaired) electrons. The van der Waals surface area contributed by atoms with Crippen molar-refractivity contribution in [1.29, 1.82) is 0 Å². The largest absolute Gasteiger partial charge is 0.477 e. The van der Waals surface area contributed by atoms with E-state index in [4.69, 9.17) is 10.8 Å². The van der Waals surface area contributed by atoms with E-state index >= 15 is 0 Å². The Bertz CT molecular complexity index is 625. The van der Waals surface area contributed by atoms with Gasteiger partial charge in [-0.2, -0.15) is 0 Å². The molecular formula is C12H10N4O3. The highest BCUT2D eigenvalue weighted by Crippen LogP contribution is 2.11. The average molecular weight is 258 g/mol. The summed E-state index contributed by atoms with van der Waals surface area (Å²) in [4.78, 5) is 30.0. The summed E-state index contributed by atoms with van der Waals surface area (Å²) in [6, 6.07) is 5.91. The molecule has 0 bridgehead atoms. The molecule has 0 unspecified atom stereocenters. The van der Waals surface area contributed by atoms with Crippen molar-refractivity contribution in [3.05, 3.63) is 48.0 Å². The maximum Gasteiger partial charge on any atom is 0.354 e. The number of nitrogens with two attached hydrogens (primary N) is 1. The van der Waals surface area contributed by atoms with E-state index in [9.17, 15) is 9.59 Å². The maximum absolute atomic E-state index is 11.9. The highest BCUT2D eigenvalue weighted by atomic mass is 16.4. The molecule has 0 aliphatic rings. The van der Waals surface area contributed by atoms with E-state index in [0.717, 1.165) is 0 Å². The lowest BCUT2D eigenvalue weighted by Crippen LogP contribution is -2.16. The summed E-state index contributed by atoms with van der Waals surface area (Å²) in [7, 11) is 0. The van der Waals surface area contributed by atoms with E-state index in [-0.39, 0.29) is 17.1 Å². The molecule has 0 atom stereocenters. The van der Waals surface area contributed by atoms with Crippen LogP contribution in [0.3, 0.4) is 0 Å². The van der Waals surface area contributed by atoms with E-state index in [1.807, 2.05) is 0 Å². The molecule has 0 fully saturated rings. The number of carboxylic acids is 1. The zero-order valence-corrected chi connectivity index (χ0v) is 9.70. The maximum atomic E-state index is 11.9. The zero-order chi connectivity index (χ0) is 13.8. The number of nitrogen functional groups attached to an aromatic ring is 1. The molecule has 0 saturated carbocycles. The lowest BCUT2D eigenvalue weighted by molar-refractivity contribution is 0.0690. The van der Waals surface area contributed by atoms with Crippen molar-refractivity contribution in [2.45, 2.75) is 0 Å². The summed E-state index contributed by atoms with van der Waals surface area (Å²) in [6.07, 6.45) is 2.71. The molecule has 2 aromatic rings. The van der Waals surface area contributed by atoms with Gasteiger partial charge in [0.05, 0.1) is 17.6 Å². The highest BCUT2D eigenvalue weighted by Gasteiger charge is 2.11. The summed E-state index contributed by atoms with van der Waals surface area (Å²) >= 11 is 0. The molecule has 0 aliphatic heterocycles. The van der Waals surface area contributed by atoms with Crippen LogP contribution in [-0.2, 0) is 0 Å². The topological polar surface area (TPSA) is 118 Å². The quantitative estimate of drug-likeness (QED) is 0.756. The number of nitrogens with one attached hydrogen (secondary N) is 1. The van der Waals surface area contributed by atoms with Gasteiger partial charge >= 0.3 is 5.97 Å². The first kappa shape index (κ1) is 12.5. The van der Waals surface area contributed by atoms with Gasteiger partial charge in [0, 0.05) is 6.20 Å². The van der Waals surface area contributed by atoms with Crippen LogP contribution in [0.4, 0.5) is 11.4 Å². The van der Waals surface area contributed by atoms with Gasteiger partial charge in [0.2, 0.25) is 0 Å². The predicted octanol–water partition coefficient (Wildman–Crippen LogP) is 1.01. The van der Waals surface area contributed by atoms with Crippen molar-refractivity contribution in [3.63, 3.8) is 0 Å². The number of aromatic nitrogens is 2. The molecule has 2 rings (SSSR count). The van der Waals surface area contributed by atoms with Crippen molar-refractivity contribution < 1.29 is 14.7 Å². The number of hydrogen-bond acceptors (Lipinski definition) is 5. The Kier molecular flexibility index (Phi) is 3.37. The Hall–Kier alpha value is -2.96. The van der Waals surface area contributed by atoms with Crippen molar-refractivity contribution in [2.75, 3.05) is 11.1 Å². The minimum absolute atomic E-state index is 0.102. The number of aromatic carboxylic acids is 1. The van der Waals surface area contributed by atoms with Crippen LogP contribution in [0.5, 0.6) is 0 Å². The van der Waals surface area contributed by atoms with E-state index < -0.39 is 11.9 Å². The standard InChI is InChI=1S/C12H10N4O3/c13-8-2-1-5-14-10(8)11(17)16-7-3-4-9(12(18)19)15-6-7/h1-6H,13H2,(H,16,17)(H,18,19). The molecule has 96 valence electrons. The van der Waals surface area contributed by atoms with Crippen LogP contribution in [0.15, 0.2) is 36.7 Å². The fraction of sp³-hybridized carbons (Fsp3) is 0. The van der Waals surface area contributed by atoms with E-state index in [2.05, 4.69) is 15.3 Å². The van der Waals surface area contributed by atoms with E-state index in [1.165, 1.54) is 24.5 Å². The number of rotatable bonds is 3. The summed E-state index contributed by atoms with van der Waals surface area (Å²) in [5.74, 6) is -1.62. The summed E-state index contributed by atoms with van der Waals surface area (Å²) in [5.41, 5.74) is 6.24. The molecule has 4 N–H and O–H groups in total. The fourth-order valence-corrected chi connectivity index (χ4v) is 1.39. The molecule has 0 aromatic carbocycles. The number of anilines is 2. The SMILES string of the molecule is Nc1cccnc1C(=O)Nc1ccc(C(=O)O)nc1. The van der Waals surface area contributed by atoms with Crippen LogP contribution in [0, 0.1) is 0 Å². The van der Waals surface area contributed by atoms with Gasteiger partial charge < -0.3 is 16.2 Å². The summed E-state index contributed by atoms with van der Waals surface area (Å²) < 4.78 is 0. The van der Waals surface area contributed by atoms with Crippen molar-refractivity contribution in [3.8, 4) is 0 Å². The third-order valence-corrected chi connectivity index (χ3v) is 2.29. The highest BCUT2D eigenvalue weighted by molar-refractivity contribution is 6.06. The van der Waals surface area contributed by atoms with Crippen molar-refractivity contribution in [2.24, 2.45) is 0 Å². The first-order valence-corrected chi connectivity index (χ1v) is 5.29. The van der Waals surface area contributed by atoms with Crippen LogP contribution in [0.25, 0.3) is 0 Å². The lowest BCUT2D eigenvalue weighted by Gasteiger charge is -2.06. The van der Waals surface area contributed by atoms with Crippen molar-refractivity contribution in [1.82, 2.24) is 9.97 Å². The Morgan fingerprint density at radius 2 is 2.00 bits per heavy atom. The first-order chi connectivity index (χ1) is 9.08. The summed E-state index contributed by atoms with van der Waals surface area (Å²) in [6.45, 7) is 0. The molecule has 0 aliphatic carbocycles. The molecule has 19 heavy (non-hydrogen) atoms. The number of amides is 1. The Balaban J connectivity index is 2.15. The third-order valence-electron chi connectivity index (χ3n) is 2.29. The Morgan fingerprint density at radius 3 is 2.58 bits per heavy atom. The predicted molar refractivity (Wildman–Crippen MR) is 67.8 cm³/mol. The van der Waals surface area contributed by atoms with Crippen molar-refractivity contribution >= 4 is 23.3 Å². The molecule has 0 spiro atoms. The minimum Gasteiger partial charge on any atom is -0.477 e. The van der Waals surface area contributed by atoms with Gasteiger partial charge in [0.25, 0.3) is 5.91 Å². The van der Waals surface area contributed by atoms with E-state index in [1.54, 1.807) is 12.1 Å². The normalized spacial score (nSPS) is 9.89. The summed E-state index contributed by atoms with van der Waals surface area (Å²) in [5, 5.41) is 11.2. The zero-order valence-electron chi connectivity index (χ0n) is 9.70. The van der Waals surface area contributed by atoms with Gasteiger partial charge in [0.1, 0.15) is 5.69 Å². The van der Waals surface area contributed by atoms with Gasteiger partial charge in [0.15, 0.2) is 5.69 Å². The monoisotopic (exact) mass is 258 g/mol. The number of carbonyl (C=O) groups excluding carboxylic acids is 1. The number of hydrogen-bond donors (Lipinski definition) is 3. The molecule has 0 saturated heterocycles.